The van der Waals surface area contributed by atoms with Crippen LogP contribution in [0.25, 0.3) is 0 Å². The van der Waals surface area contributed by atoms with E-state index in [9.17, 15) is 4.39 Å². The van der Waals surface area contributed by atoms with Crippen LogP contribution in [0.15, 0.2) is 36.4 Å². The maximum atomic E-state index is 14.0. The predicted molar refractivity (Wildman–Crippen MR) is 84.4 cm³/mol. The molecule has 0 aliphatic carbocycles. The summed E-state index contributed by atoms with van der Waals surface area (Å²) < 4.78 is 19.9. The van der Waals surface area contributed by atoms with E-state index in [0.29, 0.717) is 17.9 Å². The van der Waals surface area contributed by atoms with Crippen molar-refractivity contribution in [1.29, 1.82) is 0 Å². The molecule has 0 heterocycles. The number of rotatable bonds is 6. The van der Waals surface area contributed by atoms with Crippen molar-refractivity contribution in [3.8, 4) is 11.5 Å². The maximum absolute atomic E-state index is 14.0. The minimum Gasteiger partial charge on any atom is -0.457 e. The molecule has 112 valence electrons. The van der Waals surface area contributed by atoms with E-state index in [2.05, 4.69) is 19.2 Å². The molecule has 0 aromatic heterocycles. The Kier molecular flexibility index (Phi) is 5.34. The average molecular weight is 287 g/mol. The van der Waals surface area contributed by atoms with Gasteiger partial charge in [0.2, 0.25) is 0 Å². The van der Waals surface area contributed by atoms with Crippen LogP contribution >= 0.6 is 0 Å². The van der Waals surface area contributed by atoms with Crippen molar-refractivity contribution in [2.24, 2.45) is 0 Å². The molecule has 3 heteroatoms. The van der Waals surface area contributed by atoms with Gasteiger partial charge in [0.25, 0.3) is 0 Å². The van der Waals surface area contributed by atoms with Gasteiger partial charge >= 0.3 is 0 Å². The summed E-state index contributed by atoms with van der Waals surface area (Å²) in [6.45, 7) is 7.51. The minimum absolute atomic E-state index is 0.236. The zero-order valence-electron chi connectivity index (χ0n) is 12.9. The van der Waals surface area contributed by atoms with Crippen molar-refractivity contribution >= 4 is 0 Å². The number of hydrogen-bond acceptors (Lipinski definition) is 2. The minimum atomic E-state index is -0.236. The molecule has 0 aliphatic heterocycles. The highest BCUT2D eigenvalue weighted by Crippen LogP contribution is 2.28. The number of aryl methyl sites for hydroxylation is 2. The van der Waals surface area contributed by atoms with Crippen LogP contribution in [0.3, 0.4) is 0 Å². The van der Waals surface area contributed by atoms with Gasteiger partial charge in [0, 0.05) is 12.1 Å². The zero-order valence-corrected chi connectivity index (χ0v) is 12.9. The third-order valence-electron chi connectivity index (χ3n) is 3.51. The molecule has 2 nitrogen and oxygen atoms in total. The zero-order chi connectivity index (χ0) is 15.2. The van der Waals surface area contributed by atoms with Crippen molar-refractivity contribution in [2.45, 2.75) is 33.7 Å². The lowest BCUT2D eigenvalue weighted by Gasteiger charge is -2.13. The van der Waals surface area contributed by atoms with Gasteiger partial charge in [-0.15, -0.1) is 0 Å². The fourth-order valence-corrected chi connectivity index (χ4v) is 2.10. The molecule has 0 spiro atoms. The van der Waals surface area contributed by atoms with Crippen LogP contribution in [0.5, 0.6) is 11.5 Å². The van der Waals surface area contributed by atoms with E-state index in [1.807, 2.05) is 25.1 Å². The van der Waals surface area contributed by atoms with Gasteiger partial charge in [0.15, 0.2) is 0 Å². The first kappa shape index (κ1) is 15.5. The van der Waals surface area contributed by atoms with Crippen molar-refractivity contribution in [3.63, 3.8) is 0 Å². The van der Waals surface area contributed by atoms with E-state index in [0.717, 1.165) is 24.3 Å². The van der Waals surface area contributed by atoms with E-state index in [4.69, 9.17) is 4.74 Å². The quantitative estimate of drug-likeness (QED) is 0.775. The monoisotopic (exact) mass is 287 g/mol. The van der Waals surface area contributed by atoms with Gasteiger partial charge in [-0.3, -0.25) is 0 Å². The van der Waals surface area contributed by atoms with Crippen molar-refractivity contribution in [1.82, 2.24) is 5.32 Å². The molecule has 0 radical (unpaired) electrons. The van der Waals surface area contributed by atoms with E-state index >= 15 is 0 Å². The highest BCUT2D eigenvalue weighted by Gasteiger charge is 2.10. The highest BCUT2D eigenvalue weighted by molar-refractivity contribution is 5.41. The Balaban J connectivity index is 2.22. The Morgan fingerprint density at radius 2 is 1.90 bits per heavy atom. The molecular formula is C18H22FNO. The van der Waals surface area contributed by atoms with Crippen molar-refractivity contribution in [2.75, 3.05) is 6.54 Å². The molecule has 0 aliphatic rings. The average Bonchev–Trinajstić information content (AvgIpc) is 2.46. The second-order valence-electron chi connectivity index (χ2n) is 5.24. The van der Waals surface area contributed by atoms with Crippen LogP contribution in [0.1, 0.15) is 30.0 Å². The maximum Gasteiger partial charge on any atom is 0.134 e. The third kappa shape index (κ3) is 4.05. The summed E-state index contributed by atoms with van der Waals surface area (Å²) >= 11 is 0. The van der Waals surface area contributed by atoms with Crippen molar-refractivity contribution < 1.29 is 9.13 Å². The fourth-order valence-electron chi connectivity index (χ4n) is 2.10. The Hall–Kier alpha value is -1.87. The summed E-state index contributed by atoms with van der Waals surface area (Å²) in [5, 5.41) is 3.22. The molecule has 0 saturated carbocycles. The summed E-state index contributed by atoms with van der Waals surface area (Å²) in [4.78, 5) is 0. The Morgan fingerprint density at radius 1 is 1.10 bits per heavy atom. The van der Waals surface area contributed by atoms with Gasteiger partial charge in [-0.05, 0) is 62.2 Å². The van der Waals surface area contributed by atoms with E-state index in [-0.39, 0.29) is 5.82 Å². The number of halogens is 1. The number of ether oxygens (including phenoxy) is 1. The van der Waals surface area contributed by atoms with E-state index in [1.54, 1.807) is 12.1 Å². The molecule has 21 heavy (non-hydrogen) atoms. The van der Waals surface area contributed by atoms with Crippen LogP contribution in [0, 0.1) is 19.7 Å². The molecule has 2 rings (SSSR count). The summed E-state index contributed by atoms with van der Waals surface area (Å²) in [6, 6.07) is 10.9. The van der Waals surface area contributed by atoms with Gasteiger partial charge < -0.3 is 10.1 Å². The second-order valence-corrected chi connectivity index (χ2v) is 5.24. The summed E-state index contributed by atoms with van der Waals surface area (Å²) in [7, 11) is 0. The normalized spacial score (nSPS) is 10.7. The molecule has 0 saturated heterocycles. The first-order chi connectivity index (χ1) is 10.1. The molecule has 2 aromatic carbocycles. The molecular weight excluding hydrogens is 265 g/mol. The smallest absolute Gasteiger partial charge is 0.134 e. The lowest BCUT2D eigenvalue weighted by molar-refractivity contribution is 0.461. The molecule has 0 atom stereocenters. The molecule has 0 unspecified atom stereocenters. The van der Waals surface area contributed by atoms with Gasteiger partial charge in [-0.2, -0.15) is 0 Å². The van der Waals surface area contributed by atoms with Crippen LogP contribution < -0.4 is 10.1 Å². The van der Waals surface area contributed by atoms with Gasteiger partial charge in [-0.25, -0.2) is 4.39 Å². The van der Waals surface area contributed by atoms with Crippen LogP contribution in [0.4, 0.5) is 4.39 Å². The predicted octanol–water partition coefficient (Wildman–Crippen LogP) is 4.73. The number of hydrogen-bond donors (Lipinski definition) is 1. The highest BCUT2D eigenvalue weighted by atomic mass is 19.1. The SMILES string of the molecule is CCCNCc1c(F)cccc1Oc1ccc(C)c(C)c1. The topological polar surface area (TPSA) is 21.3 Å². The van der Waals surface area contributed by atoms with E-state index in [1.165, 1.54) is 11.6 Å². The third-order valence-corrected chi connectivity index (χ3v) is 3.51. The molecule has 0 amide bonds. The van der Waals surface area contributed by atoms with Crippen LogP contribution in [0.2, 0.25) is 0 Å². The number of nitrogens with one attached hydrogen (secondary N) is 1. The standard InChI is InChI=1S/C18H22FNO/c1-4-10-20-12-16-17(19)6-5-7-18(16)21-15-9-8-13(2)14(3)11-15/h5-9,11,20H,4,10,12H2,1-3H3. The van der Waals surface area contributed by atoms with Crippen molar-refractivity contribution in [3.05, 3.63) is 58.9 Å². The molecule has 0 fully saturated rings. The summed E-state index contributed by atoms with van der Waals surface area (Å²) in [6.07, 6.45) is 1.02. The largest absolute Gasteiger partial charge is 0.457 e. The second kappa shape index (κ2) is 7.23. The Bertz CT molecular complexity index is 610. The molecule has 2 aromatic rings. The Labute approximate surface area is 126 Å². The number of benzene rings is 2. The Morgan fingerprint density at radius 3 is 2.62 bits per heavy atom. The summed E-state index contributed by atoms with van der Waals surface area (Å²) in [5.41, 5.74) is 2.95. The first-order valence-electron chi connectivity index (χ1n) is 7.35. The lowest BCUT2D eigenvalue weighted by atomic mass is 10.1. The molecule has 0 bridgehead atoms. The first-order valence-corrected chi connectivity index (χ1v) is 7.35. The van der Waals surface area contributed by atoms with Crippen LogP contribution in [-0.4, -0.2) is 6.54 Å². The fraction of sp³-hybridized carbons (Fsp3) is 0.333. The summed E-state index contributed by atoms with van der Waals surface area (Å²) in [5.74, 6) is 1.07. The molecule has 1 N–H and O–H groups in total. The van der Waals surface area contributed by atoms with Gasteiger partial charge in [0.05, 0.1) is 0 Å². The van der Waals surface area contributed by atoms with Gasteiger partial charge in [-0.1, -0.05) is 19.1 Å². The lowest BCUT2D eigenvalue weighted by Crippen LogP contribution is -2.15. The van der Waals surface area contributed by atoms with Crippen LogP contribution in [-0.2, 0) is 6.54 Å². The van der Waals surface area contributed by atoms with E-state index < -0.39 is 0 Å². The van der Waals surface area contributed by atoms with Gasteiger partial charge in [0.1, 0.15) is 17.3 Å².